The number of nitrogens with two attached hydrogens (primary N) is 1. The monoisotopic (exact) mass is 550 g/mol. The summed E-state index contributed by atoms with van der Waals surface area (Å²) in [4.78, 5) is 27.1. The van der Waals surface area contributed by atoms with Crippen LogP contribution < -0.4 is 20.8 Å². The highest BCUT2D eigenvalue weighted by Gasteiger charge is 2.21. The average Bonchev–Trinajstić information content (AvgIpc) is 2.87. The van der Waals surface area contributed by atoms with Crippen LogP contribution in [0.25, 0.3) is 0 Å². The maximum absolute atomic E-state index is 13.3. The molecule has 204 valence electrons. The molecule has 4 N–H and O–H groups in total. The molecule has 0 unspecified atom stereocenters. The van der Waals surface area contributed by atoms with E-state index in [1.165, 1.54) is 29.2 Å². The van der Waals surface area contributed by atoms with Crippen molar-refractivity contribution in [2.75, 3.05) is 11.2 Å². The maximum atomic E-state index is 13.3. The van der Waals surface area contributed by atoms with E-state index in [-0.39, 0.29) is 28.2 Å². The van der Waals surface area contributed by atoms with Crippen molar-refractivity contribution in [3.05, 3.63) is 89.5 Å². The van der Waals surface area contributed by atoms with Gasteiger partial charge in [-0.05, 0) is 65.1 Å². The Morgan fingerprint density at radius 1 is 0.974 bits per heavy atom. The van der Waals surface area contributed by atoms with Crippen molar-refractivity contribution in [3.8, 4) is 5.75 Å². The number of nitrogens with one attached hydrogen (secondary N) is 2. The molecule has 11 nitrogen and oxygen atoms in total. The number of nitrogens with zero attached hydrogens (tertiary/aromatic N) is 3. The molecule has 0 aliphatic rings. The lowest BCUT2D eigenvalue weighted by molar-refractivity contribution is 0.0976. The van der Waals surface area contributed by atoms with Gasteiger partial charge in [0, 0.05) is 17.5 Å². The van der Waals surface area contributed by atoms with E-state index in [1.54, 1.807) is 24.3 Å². The minimum Gasteiger partial charge on any atom is -0.410 e. The van der Waals surface area contributed by atoms with Crippen molar-refractivity contribution >= 4 is 33.5 Å². The van der Waals surface area contributed by atoms with Crippen LogP contribution in [0.15, 0.2) is 88.0 Å². The second kappa shape index (κ2) is 11.9. The highest BCUT2D eigenvalue weighted by Crippen LogP contribution is 2.27. The minimum absolute atomic E-state index is 0.0799. The molecule has 0 fully saturated rings. The first kappa shape index (κ1) is 29.0. The van der Waals surface area contributed by atoms with Crippen molar-refractivity contribution in [1.82, 2.24) is 5.32 Å². The third kappa shape index (κ3) is 7.95. The zero-order valence-electron chi connectivity index (χ0n) is 22.0. The van der Waals surface area contributed by atoms with Crippen LogP contribution in [-0.4, -0.2) is 32.6 Å². The van der Waals surface area contributed by atoms with Gasteiger partial charge in [-0.25, -0.2) is 13.2 Å². The van der Waals surface area contributed by atoms with Gasteiger partial charge >= 0.3 is 6.09 Å². The number of hydrogen-bond acceptors (Lipinski definition) is 7. The van der Waals surface area contributed by atoms with Gasteiger partial charge in [0.15, 0.2) is 9.84 Å². The molecule has 3 aromatic rings. The van der Waals surface area contributed by atoms with Crippen LogP contribution >= 0.6 is 0 Å². The summed E-state index contributed by atoms with van der Waals surface area (Å²) in [6.07, 6.45) is 0.425. The number of anilines is 1. The lowest BCUT2D eigenvalue weighted by atomic mass is 9.87. The molecule has 0 bridgehead atoms. The second-order valence-corrected chi connectivity index (χ2v) is 11.7. The molecular formula is C27H30N6O5S. The molecule has 0 aliphatic heterocycles. The maximum Gasteiger partial charge on any atom is 0.420 e. The van der Waals surface area contributed by atoms with Crippen molar-refractivity contribution in [3.63, 3.8) is 0 Å². The normalized spacial score (nSPS) is 11.7. The van der Waals surface area contributed by atoms with Gasteiger partial charge in [-0.2, -0.15) is 0 Å². The van der Waals surface area contributed by atoms with Crippen molar-refractivity contribution < 1.29 is 22.7 Å². The molecule has 0 radical (unpaired) electrons. The summed E-state index contributed by atoms with van der Waals surface area (Å²) in [5.74, 6) is 4.01. The zero-order chi connectivity index (χ0) is 28.8. The smallest absolute Gasteiger partial charge is 0.410 e. The molecular weight excluding hydrogens is 520 g/mol. The molecule has 3 rings (SSSR count). The van der Waals surface area contributed by atoms with E-state index in [9.17, 15) is 18.0 Å². The molecule has 0 saturated heterocycles. The molecule has 2 amide bonds. The predicted molar refractivity (Wildman–Crippen MR) is 148 cm³/mol. The van der Waals surface area contributed by atoms with Gasteiger partial charge in [0.25, 0.3) is 5.91 Å². The SMILES string of the molecule is CC(C)(C)c1ccc(N(Cc2ccc(C(=O)NC(=N)N=NN)cc2)C(=O)Oc2ccc(S(C)(=O)=O)cc2)cc1. The molecule has 0 atom stereocenters. The van der Waals surface area contributed by atoms with E-state index in [1.807, 2.05) is 24.3 Å². The summed E-state index contributed by atoms with van der Waals surface area (Å²) in [5, 5.41) is 15.9. The van der Waals surface area contributed by atoms with Crippen molar-refractivity contribution in [1.29, 1.82) is 5.41 Å². The highest BCUT2D eigenvalue weighted by atomic mass is 32.2. The summed E-state index contributed by atoms with van der Waals surface area (Å²) in [6.45, 7) is 6.39. The number of carbonyl (C=O) groups is 2. The number of carbonyl (C=O) groups excluding carboxylic acids is 2. The molecule has 3 aromatic carbocycles. The molecule has 0 saturated carbocycles. The van der Waals surface area contributed by atoms with E-state index in [0.717, 1.165) is 11.8 Å². The van der Waals surface area contributed by atoms with Crippen molar-refractivity contribution in [2.24, 2.45) is 16.2 Å². The zero-order valence-corrected chi connectivity index (χ0v) is 22.8. The van der Waals surface area contributed by atoms with Crippen LogP contribution in [0.4, 0.5) is 10.5 Å². The topological polar surface area (TPSA) is 167 Å². The molecule has 0 aromatic heterocycles. The number of benzene rings is 3. The third-order valence-electron chi connectivity index (χ3n) is 5.67. The van der Waals surface area contributed by atoms with E-state index in [2.05, 4.69) is 36.4 Å². The Hall–Kier alpha value is -4.58. The number of sulfone groups is 1. The van der Waals surface area contributed by atoms with Crippen LogP contribution in [-0.2, 0) is 21.8 Å². The van der Waals surface area contributed by atoms with Crippen molar-refractivity contribution in [2.45, 2.75) is 37.6 Å². The van der Waals surface area contributed by atoms with Crippen LogP contribution in [0.5, 0.6) is 5.75 Å². The Balaban J connectivity index is 1.86. The quantitative estimate of drug-likeness (QED) is 0.133. The fraction of sp³-hybridized carbons (Fsp3) is 0.222. The average molecular weight is 551 g/mol. The van der Waals surface area contributed by atoms with Gasteiger partial charge < -0.3 is 10.6 Å². The van der Waals surface area contributed by atoms with Crippen LogP contribution in [0, 0.1) is 5.41 Å². The fourth-order valence-corrected chi connectivity index (χ4v) is 4.15. The lowest BCUT2D eigenvalue weighted by Gasteiger charge is -2.24. The van der Waals surface area contributed by atoms with Gasteiger partial charge in [0.1, 0.15) is 5.75 Å². The largest absolute Gasteiger partial charge is 0.420 e. The Morgan fingerprint density at radius 2 is 1.56 bits per heavy atom. The van der Waals surface area contributed by atoms with Crippen LogP contribution in [0.3, 0.4) is 0 Å². The van der Waals surface area contributed by atoms with Gasteiger partial charge in [-0.3, -0.25) is 20.4 Å². The second-order valence-electron chi connectivity index (χ2n) is 9.71. The summed E-state index contributed by atoms with van der Waals surface area (Å²) in [5.41, 5.74) is 2.57. The van der Waals surface area contributed by atoms with E-state index >= 15 is 0 Å². The van der Waals surface area contributed by atoms with Gasteiger partial charge in [0.2, 0.25) is 5.96 Å². The number of rotatable bonds is 6. The van der Waals surface area contributed by atoms with E-state index in [0.29, 0.717) is 11.3 Å². The summed E-state index contributed by atoms with van der Waals surface area (Å²) < 4.78 is 29.1. The molecule has 12 heteroatoms. The molecule has 39 heavy (non-hydrogen) atoms. The third-order valence-corrected chi connectivity index (χ3v) is 6.80. The minimum atomic E-state index is -3.39. The van der Waals surface area contributed by atoms with E-state index < -0.39 is 27.8 Å². The lowest BCUT2D eigenvalue weighted by Crippen LogP contribution is -2.33. The van der Waals surface area contributed by atoms with Gasteiger partial charge in [0.05, 0.1) is 11.4 Å². The Morgan fingerprint density at radius 3 is 2.08 bits per heavy atom. The van der Waals surface area contributed by atoms with Gasteiger partial charge in [-0.15, -0.1) is 0 Å². The fourth-order valence-electron chi connectivity index (χ4n) is 3.52. The first-order chi connectivity index (χ1) is 18.3. The standard InChI is InChI=1S/C27H30N6O5S/c1-27(2,3)20-9-11-21(12-10-20)33(26(35)38-22-13-15-23(16-14-22)39(4,36)37)17-18-5-7-19(8-6-18)24(34)30-25(28)31-32-29/h5-16H,17H2,1-4H3,(H4,28,29,30,31,34). The molecule has 0 spiro atoms. The summed E-state index contributed by atoms with van der Waals surface area (Å²) in [7, 11) is -3.39. The number of amides is 2. The molecule has 0 aliphatic carbocycles. The Kier molecular flexibility index (Phi) is 8.81. The Labute approximate surface area is 227 Å². The first-order valence-corrected chi connectivity index (χ1v) is 13.7. The highest BCUT2D eigenvalue weighted by molar-refractivity contribution is 7.90. The summed E-state index contributed by atoms with van der Waals surface area (Å²) in [6, 6.07) is 19.6. The Bertz CT molecular complexity index is 1480. The van der Waals surface area contributed by atoms with Crippen LogP contribution in [0.1, 0.15) is 42.3 Å². The number of ether oxygens (including phenoxy) is 1. The first-order valence-electron chi connectivity index (χ1n) is 11.8. The van der Waals surface area contributed by atoms with Gasteiger partial charge in [-0.1, -0.05) is 55.4 Å². The van der Waals surface area contributed by atoms with Crippen LogP contribution in [0.2, 0.25) is 0 Å². The summed E-state index contributed by atoms with van der Waals surface area (Å²) >= 11 is 0. The molecule has 0 heterocycles. The number of hydrogen-bond donors (Lipinski definition) is 3. The predicted octanol–water partition coefficient (Wildman–Crippen LogP) is 4.58. The van der Waals surface area contributed by atoms with E-state index in [4.69, 9.17) is 16.0 Å². The number of guanidine groups is 1.